The Morgan fingerprint density at radius 1 is 1.40 bits per heavy atom. The van der Waals surface area contributed by atoms with E-state index in [0.29, 0.717) is 0 Å². The molecule has 1 aliphatic carbocycles. The van der Waals surface area contributed by atoms with Gasteiger partial charge in [-0.05, 0) is 33.1 Å². The van der Waals surface area contributed by atoms with Crippen molar-refractivity contribution in [1.82, 2.24) is 0 Å². The summed E-state index contributed by atoms with van der Waals surface area (Å²) in [5, 5.41) is 3.09. The minimum absolute atomic E-state index is 0.408. The average molecular weight is 162 g/mol. The van der Waals surface area contributed by atoms with Crippen LogP contribution < -0.4 is 0 Å². The predicted molar refractivity (Wildman–Crippen MR) is 42.3 cm³/mol. The molecule has 1 rings (SSSR count). The number of nitrogens with zero attached hydrogens (tertiary/aromatic N) is 1. The molecule has 0 N–H and O–H groups in total. The number of alkyl halides is 1. The Balaban J connectivity index is 2.85. The van der Waals surface area contributed by atoms with Gasteiger partial charge in [-0.15, -0.1) is 11.6 Å². The third kappa shape index (κ3) is 0.947. The van der Waals surface area contributed by atoms with Crippen molar-refractivity contribution in [1.29, 1.82) is 0 Å². The molecule has 2 nitrogen and oxygen atoms in total. The summed E-state index contributed by atoms with van der Waals surface area (Å²) < 4.78 is 0. The molecular formula is C7H12ClNO. The second kappa shape index (κ2) is 2.19. The molecule has 1 saturated carbocycles. The molecule has 0 heterocycles. The minimum Gasteiger partial charge on any atom is -0.150 e. The lowest BCUT2D eigenvalue weighted by atomic mass is 9.91. The first-order valence-electron chi connectivity index (χ1n) is 3.55. The van der Waals surface area contributed by atoms with Crippen LogP contribution in [0.4, 0.5) is 0 Å². The van der Waals surface area contributed by atoms with Crippen molar-refractivity contribution >= 4 is 11.6 Å². The lowest BCUT2D eigenvalue weighted by molar-refractivity contribution is 0.401. The highest BCUT2D eigenvalue weighted by molar-refractivity contribution is 6.24. The zero-order valence-corrected chi connectivity index (χ0v) is 7.11. The molecule has 58 valence electrons. The van der Waals surface area contributed by atoms with E-state index in [0.717, 1.165) is 19.3 Å². The standard InChI is InChI=1S/C7H12ClNO/c1-6(8)4-3-5-7(6,2)9-10/h3-5H2,1-2H3. The largest absolute Gasteiger partial charge is 0.150 e. The molecule has 0 amide bonds. The molecule has 10 heavy (non-hydrogen) atoms. The summed E-state index contributed by atoms with van der Waals surface area (Å²) in [6.07, 6.45) is 2.75. The van der Waals surface area contributed by atoms with Gasteiger partial charge >= 0.3 is 0 Å². The van der Waals surface area contributed by atoms with Gasteiger partial charge in [-0.3, -0.25) is 0 Å². The summed E-state index contributed by atoms with van der Waals surface area (Å²) >= 11 is 6.08. The maximum Gasteiger partial charge on any atom is 0.119 e. The molecular weight excluding hydrogens is 150 g/mol. The quantitative estimate of drug-likeness (QED) is 0.430. The van der Waals surface area contributed by atoms with E-state index in [1.165, 1.54) is 0 Å². The number of halogens is 1. The summed E-state index contributed by atoms with van der Waals surface area (Å²) in [4.78, 5) is 10.0. The lowest BCUT2D eigenvalue weighted by Gasteiger charge is -2.28. The van der Waals surface area contributed by atoms with Crippen LogP contribution in [-0.4, -0.2) is 10.4 Å². The summed E-state index contributed by atoms with van der Waals surface area (Å²) in [7, 11) is 0. The SMILES string of the molecule is CC1(Cl)CCCC1(C)N=O. The van der Waals surface area contributed by atoms with Crippen molar-refractivity contribution in [2.75, 3.05) is 0 Å². The molecule has 0 radical (unpaired) electrons. The summed E-state index contributed by atoms with van der Waals surface area (Å²) in [5.74, 6) is 0. The Labute approximate surface area is 65.9 Å². The number of nitroso groups, excluding NO2 is 1. The van der Waals surface area contributed by atoms with Crippen molar-refractivity contribution < 1.29 is 0 Å². The first-order valence-corrected chi connectivity index (χ1v) is 3.93. The highest BCUT2D eigenvalue weighted by atomic mass is 35.5. The fourth-order valence-corrected chi connectivity index (χ4v) is 1.70. The molecule has 3 heteroatoms. The van der Waals surface area contributed by atoms with E-state index in [1.54, 1.807) is 0 Å². The lowest BCUT2D eigenvalue weighted by Crippen LogP contribution is -2.37. The third-order valence-electron chi connectivity index (χ3n) is 2.63. The molecule has 0 aliphatic heterocycles. The van der Waals surface area contributed by atoms with Gasteiger partial charge in [0.1, 0.15) is 5.54 Å². The Kier molecular flexibility index (Phi) is 1.75. The van der Waals surface area contributed by atoms with E-state index in [9.17, 15) is 4.91 Å². The van der Waals surface area contributed by atoms with Gasteiger partial charge in [0, 0.05) is 0 Å². The molecule has 2 unspecified atom stereocenters. The Morgan fingerprint density at radius 3 is 2.20 bits per heavy atom. The molecule has 0 aromatic heterocycles. The highest BCUT2D eigenvalue weighted by Crippen LogP contribution is 2.46. The van der Waals surface area contributed by atoms with Crippen LogP contribution in [-0.2, 0) is 0 Å². The van der Waals surface area contributed by atoms with Crippen LogP contribution in [0.25, 0.3) is 0 Å². The van der Waals surface area contributed by atoms with E-state index in [1.807, 2.05) is 13.8 Å². The second-order valence-electron chi connectivity index (χ2n) is 3.42. The van der Waals surface area contributed by atoms with Gasteiger partial charge in [-0.2, -0.15) is 4.91 Å². The van der Waals surface area contributed by atoms with Gasteiger partial charge in [-0.1, -0.05) is 5.18 Å². The van der Waals surface area contributed by atoms with Gasteiger partial charge in [0.15, 0.2) is 0 Å². The Hall–Kier alpha value is -0.110. The molecule has 1 aliphatic rings. The first kappa shape index (κ1) is 7.99. The minimum atomic E-state index is -0.533. The second-order valence-corrected chi connectivity index (χ2v) is 4.25. The van der Waals surface area contributed by atoms with Crippen molar-refractivity contribution in [2.24, 2.45) is 5.18 Å². The van der Waals surface area contributed by atoms with E-state index in [4.69, 9.17) is 11.6 Å². The van der Waals surface area contributed by atoms with E-state index in [-0.39, 0.29) is 0 Å². The average Bonchev–Trinajstić information content (AvgIpc) is 2.10. The maximum atomic E-state index is 10.4. The predicted octanol–water partition coefficient (Wildman–Crippen LogP) is 2.69. The van der Waals surface area contributed by atoms with Crippen molar-refractivity contribution in [3.63, 3.8) is 0 Å². The Bertz CT molecular complexity index is 158. The van der Waals surface area contributed by atoms with Crippen LogP contribution in [0.2, 0.25) is 0 Å². The molecule has 0 spiro atoms. The van der Waals surface area contributed by atoms with Crippen LogP contribution in [0.3, 0.4) is 0 Å². The topological polar surface area (TPSA) is 29.4 Å². The van der Waals surface area contributed by atoms with Crippen LogP contribution in [0.5, 0.6) is 0 Å². The molecule has 0 saturated heterocycles. The molecule has 0 aromatic carbocycles. The summed E-state index contributed by atoms with van der Waals surface area (Å²) in [5.41, 5.74) is -0.533. The van der Waals surface area contributed by atoms with Crippen molar-refractivity contribution in [3.8, 4) is 0 Å². The fourth-order valence-electron chi connectivity index (χ4n) is 1.44. The monoisotopic (exact) mass is 161 g/mol. The first-order chi connectivity index (χ1) is 4.52. The normalized spacial score (nSPS) is 47.5. The van der Waals surface area contributed by atoms with E-state index < -0.39 is 10.4 Å². The van der Waals surface area contributed by atoms with Crippen LogP contribution in [0, 0.1) is 4.91 Å². The summed E-state index contributed by atoms with van der Waals surface area (Å²) in [6.45, 7) is 3.73. The van der Waals surface area contributed by atoms with Gasteiger partial charge in [0.25, 0.3) is 0 Å². The summed E-state index contributed by atoms with van der Waals surface area (Å²) in [6, 6.07) is 0. The van der Waals surface area contributed by atoms with Gasteiger partial charge in [-0.25, -0.2) is 0 Å². The van der Waals surface area contributed by atoms with Gasteiger partial charge in [0.05, 0.1) is 4.87 Å². The third-order valence-corrected chi connectivity index (χ3v) is 3.23. The smallest absolute Gasteiger partial charge is 0.119 e. The van der Waals surface area contributed by atoms with Gasteiger partial charge < -0.3 is 0 Å². The maximum absolute atomic E-state index is 10.4. The molecule has 2 atom stereocenters. The zero-order valence-electron chi connectivity index (χ0n) is 6.35. The number of hydrogen-bond donors (Lipinski definition) is 0. The Morgan fingerprint density at radius 2 is 2.00 bits per heavy atom. The van der Waals surface area contributed by atoms with E-state index in [2.05, 4.69) is 5.18 Å². The number of hydrogen-bond acceptors (Lipinski definition) is 2. The zero-order chi connectivity index (χ0) is 7.83. The van der Waals surface area contributed by atoms with Crippen LogP contribution in [0.1, 0.15) is 33.1 Å². The van der Waals surface area contributed by atoms with Crippen molar-refractivity contribution in [2.45, 2.75) is 43.5 Å². The van der Waals surface area contributed by atoms with Crippen molar-refractivity contribution in [3.05, 3.63) is 4.91 Å². The highest BCUT2D eigenvalue weighted by Gasteiger charge is 2.48. The van der Waals surface area contributed by atoms with Gasteiger partial charge in [0.2, 0.25) is 0 Å². The van der Waals surface area contributed by atoms with Crippen LogP contribution in [0.15, 0.2) is 5.18 Å². The van der Waals surface area contributed by atoms with E-state index >= 15 is 0 Å². The molecule has 0 aromatic rings. The fraction of sp³-hybridized carbons (Fsp3) is 1.00. The number of rotatable bonds is 1. The molecule has 0 bridgehead atoms. The molecule has 1 fully saturated rings. The van der Waals surface area contributed by atoms with Crippen LogP contribution >= 0.6 is 11.6 Å².